The first-order chi connectivity index (χ1) is 11.8. The summed E-state index contributed by atoms with van der Waals surface area (Å²) in [5.41, 5.74) is 1.40. The van der Waals surface area contributed by atoms with Crippen molar-refractivity contribution in [2.75, 3.05) is 27.8 Å². The average molecular weight is 365 g/mol. The van der Waals surface area contributed by atoms with Gasteiger partial charge < -0.3 is 14.6 Å². The third-order valence-electron chi connectivity index (χ3n) is 3.92. The van der Waals surface area contributed by atoms with E-state index >= 15 is 0 Å². The summed E-state index contributed by atoms with van der Waals surface area (Å²) in [5, 5.41) is 10.4. The highest BCUT2D eigenvalue weighted by atomic mass is 32.2. The zero-order chi connectivity index (χ0) is 18.6. The van der Waals surface area contributed by atoms with Crippen LogP contribution in [0.15, 0.2) is 47.4 Å². The van der Waals surface area contributed by atoms with Crippen LogP contribution in [0.5, 0.6) is 11.5 Å². The first-order valence-electron chi connectivity index (χ1n) is 7.72. The molecule has 0 bridgehead atoms. The molecule has 1 unspecified atom stereocenters. The molecule has 2 aromatic rings. The van der Waals surface area contributed by atoms with E-state index in [2.05, 4.69) is 0 Å². The van der Waals surface area contributed by atoms with Crippen LogP contribution < -0.4 is 9.47 Å². The third kappa shape index (κ3) is 4.31. The van der Waals surface area contributed by atoms with Gasteiger partial charge in [-0.1, -0.05) is 18.2 Å². The summed E-state index contributed by atoms with van der Waals surface area (Å²) >= 11 is 0. The lowest BCUT2D eigenvalue weighted by atomic mass is 10.1. The highest BCUT2D eigenvalue weighted by Crippen LogP contribution is 2.30. The minimum Gasteiger partial charge on any atom is -0.493 e. The van der Waals surface area contributed by atoms with Crippen LogP contribution >= 0.6 is 0 Å². The first kappa shape index (κ1) is 19.2. The fraction of sp³-hybridized carbons (Fsp3) is 0.333. The van der Waals surface area contributed by atoms with Crippen molar-refractivity contribution in [3.63, 3.8) is 0 Å². The van der Waals surface area contributed by atoms with Gasteiger partial charge in [-0.05, 0) is 42.3 Å². The number of sulfonamides is 1. The molecule has 0 radical (unpaired) electrons. The quantitative estimate of drug-likeness (QED) is 0.815. The number of benzene rings is 2. The SMILES string of the molecule is COc1ccc(C(O)CN(C)S(=O)(=O)c2cccc(C)c2)cc1OC. The molecule has 2 rings (SSSR count). The summed E-state index contributed by atoms with van der Waals surface area (Å²) in [6, 6.07) is 11.7. The predicted molar refractivity (Wildman–Crippen MR) is 95.5 cm³/mol. The molecule has 2 aromatic carbocycles. The van der Waals surface area contributed by atoms with Gasteiger partial charge in [-0.3, -0.25) is 0 Å². The summed E-state index contributed by atoms with van der Waals surface area (Å²) in [4.78, 5) is 0.203. The van der Waals surface area contributed by atoms with E-state index in [1.807, 2.05) is 13.0 Å². The molecule has 0 saturated heterocycles. The topological polar surface area (TPSA) is 76.1 Å². The van der Waals surface area contributed by atoms with Crippen LogP contribution in [0.2, 0.25) is 0 Å². The van der Waals surface area contributed by atoms with Crippen LogP contribution in [0, 0.1) is 6.92 Å². The maximum atomic E-state index is 12.6. The number of hydrogen-bond donors (Lipinski definition) is 1. The van der Waals surface area contributed by atoms with E-state index in [9.17, 15) is 13.5 Å². The van der Waals surface area contributed by atoms with Gasteiger partial charge in [0.15, 0.2) is 11.5 Å². The van der Waals surface area contributed by atoms with E-state index in [4.69, 9.17) is 9.47 Å². The summed E-state index contributed by atoms with van der Waals surface area (Å²) in [6.45, 7) is 1.75. The lowest BCUT2D eigenvalue weighted by Crippen LogP contribution is -2.31. The Morgan fingerprint density at radius 1 is 1.08 bits per heavy atom. The third-order valence-corrected chi connectivity index (χ3v) is 5.74. The van der Waals surface area contributed by atoms with Gasteiger partial charge in [0.05, 0.1) is 25.2 Å². The monoisotopic (exact) mass is 365 g/mol. The van der Waals surface area contributed by atoms with Gasteiger partial charge in [0, 0.05) is 13.6 Å². The number of aliphatic hydroxyl groups is 1. The second-order valence-corrected chi connectivity index (χ2v) is 7.78. The molecule has 0 aliphatic rings. The Bertz CT molecular complexity index is 835. The van der Waals surface area contributed by atoms with Crippen molar-refractivity contribution in [1.82, 2.24) is 4.31 Å². The maximum Gasteiger partial charge on any atom is 0.242 e. The summed E-state index contributed by atoms with van der Waals surface area (Å²) in [5.74, 6) is 1.02. The van der Waals surface area contributed by atoms with E-state index in [1.54, 1.807) is 36.4 Å². The van der Waals surface area contributed by atoms with Crippen molar-refractivity contribution < 1.29 is 23.0 Å². The summed E-state index contributed by atoms with van der Waals surface area (Å²) in [6.07, 6.45) is -0.996. The van der Waals surface area contributed by atoms with E-state index in [1.165, 1.54) is 21.3 Å². The average Bonchev–Trinajstić information content (AvgIpc) is 2.60. The van der Waals surface area contributed by atoms with E-state index < -0.39 is 16.1 Å². The zero-order valence-electron chi connectivity index (χ0n) is 14.8. The maximum absolute atomic E-state index is 12.6. The minimum atomic E-state index is -3.68. The van der Waals surface area contributed by atoms with Crippen LogP contribution in [0.25, 0.3) is 0 Å². The Morgan fingerprint density at radius 2 is 1.76 bits per heavy atom. The Hall–Kier alpha value is -2.09. The predicted octanol–water partition coefficient (Wildman–Crippen LogP) is 2.37. The Balaban J connectivity index is 2.21. The molecule has 0 saturated carbocycles. The van der Waals surface area contributed by atoms with Crippen molar-refractivity contribution in [2.45, 2.75) is 17.9 Å². The van der Waals surface area contributed by atoms with Crippen molar-refractivity contribution in [3.8, 4) is 11.5 Å². The number of methoxy groups -OCH3 is 2. The summed E-state index contributed by atoms with van der Waals surface area (Å²) in [7, 11) is 0.797. The van der Waals surface area contributed by atoms with Gasteiger partial charge in [0.1, 0.15) is 0 Å². The fourth-order valence-electron chi connectivity index (χ4n) is 2.46. The van der Waals surface area contributed by atoms with Crippen molar-refractivity contribution in [1.29, 1.82) is 0 Å². The molecule has 0 aromatic heterocycles. The molecule has 0 spiro atoms. The molecular formula is C18H23NO5S. The second kappa shape index (κ2) is 7.86. The zero-order valence-corrected chi connectivity index (χ0v) is 15.6. The van der Waals surface area contributed by atoms with Gasteiger partial charge >= 0.3 is 0 Å². The molecule has 25 heavy (non-hydrogen) atoms. The van der Waals surface area contributed by atoms with Crippen LogP contribution in [-0.4, -0.2) is 45.6 Å². The number of ether oxygens (including phenoxy) is 2. The molecule has 6 nitrogen and oxygen atoms in total. The van der Waals surface area contributed by atoms with Crippen LogP contribution in [0.4, 0.5) is 0 Å². The number of aliphatic hydroxyl groups excluding tert-OH is 1. The van der Waals surface area contributed by atoms with Crippen LogP contribution in [0.3, 0.4) is 0 Å². The second-order valence-electron chi connectivity index (χ2n) is 5.73. The smallest absolute Gasteiger partial charge is 0.242 e. The molecule has 0 amide bonds. The minimum absolute atomic E-state index is 0.0776. The molecule has 0 aliphatic heterocycles. The van der Waals surface area contributed by atoms with Crippen molar-refractivity contribution in [3.05, 3.63) is 53.6 Å². The number of nitrogens with zero attached hydrogens (tertiary/aromatic N) is 1. The molecule has 1 N–H and O–H groups in total. The fourth-order valence-corrected chi connectivity index (χ4v) is 3.75. The van der Waals surface area contributed by atoms with Gasteiger partial charge in [-0.25, -0.2) is 8.42 Å². The van der Waals surface area contributed by atoms with Gasteiger partial charge in [0.2, 0.25) is 10.0 Å². The molecule has 0 aliphatic carbocycles. The largest absolute Gasteiger partial charge is 0.493 e. The molecule has 0 heterocycles. The molecule has 136 valence electrons. The normalized spacial score (nSPS) is 12.9. The van der Waals surface area contributed by atoms with Gasteiger partial charge in [-0.15, -0.1) is 0 Å². The number of likely N-dealkylation sites (N-methyl/N-ethyl adjacent to an activating group) is 1. The standard InChI is InChI=1S/C18H23NO5S/c1-13-6-5-7-15(10-13)25(21,22)19(2)12-16(20)14-8-9-17(23-3)18(11-14)24-4/h5-11,16,20H,12H2,1-4H3. The highest BCUT2D eigenvalue weighted by Gasteiger charge is 2.24. The van der Waals surface area contributed by atoms with E-state index in [0.717, 1.165) is 9.87 Å². The van der Waals surface area contributed by atoms with E-state index in [0.29, 0.717) is 17.1 Å². The highest BCUT2D eigenvalue weighted by molar-refractivity contribution is 7.89. The summed E-state index contributed by atoms with van der Waals surface area (Å²) < 4.78 is 36.8. The van der Waals surface area contributed by atoms with E-state index in [-0.39, 0.29) is 11.4 Å². The lowest BCUT2D eigenvalue weighted by molar-refractivity contribution is 0.154. The molecule has 0 fully saturated rings. The number of hydrogen-bond acceptors (Lipinski definition) is 5. The van der Waals surface area contributed by atoms with Crippen molar-refractivity contribution in [2.24, 2.45) is 0 Å². The van der Waals surface area contributed by atoms with Crippen LogP contribution in [0.1, 0.15) is 17.2 Å². The molecule has 7 heteroatoms. The molecular weight excluding hydrogens is 342 g/mol. The Morgan fingerprint density at radius 3 is 2.36 bits per heavy atom. The van der Waals surface area contributed by atoms with Crippen molar-refractivity contribution >= 4 is 10.0 Å². The number of aryl methyl sites for hydroxylation is 1. The van der Waals surface area contributed by atoms with Gasteiger partial charge in [-0.2, -0.15) is 4.31 Å². The first-order valence-corrected chi connectivity index (χ1v) is 9.16. The molecule has 1 atom stereocenters. The Kier molecular flexibility index (Phi) is 6.05. The Labute approximate surface area is 148 Å². The lowest BCUT2D eigenvalue weighted by Gasteiger charge is -2.21. The number of rotatable bonds is 7. The van der Waals surface area contributed by atoms with Crippen LogP contribution in [-0.2, 0) is 10.0 Å². The van der Waals surface area contributed by atoms with Gasteiger partial charge in [0.25, 0.3) is 0 Å².